The van der Waals surface area contributed by atoms with Gasteiger partial charge in [-0.05, 0) is 44.5 Å². The van der Waals surface area contributed by atoms with Crippen LogP contribution in [0.4, 0.5) is 16.3 Å². The molecule has 0 aliphatic carbocycles. The highest BCUT2D eigenvalue weighted by Crippen LogP contribution is 2.24. The van der Waals surface area contributed by atoms with Gasteiger partial charge >= 0.3 is 12.0 Å². The molecule has 1 aliphatic rings. The summed E-state index contributed by atoms with van der Waals surface area (Å²) in [6, 6.07) is 9.75. The zero-order chi connectivity index (χ0) is 22.9. The Balaban J connectivity index is 1.67. The molecule has 1 aliphatic heterocycles. The third-order valence-corrected chi connectivity index (χ3v) is 7.86. The predicted octanol–water partition coefficient (Wildman–Crippen LogP) is 3.68. The number of aromatic carboxylic acids is 1. The van der Waals surface area contributed by atoms with Crippen molar-refractivity contribution in [3.8, 4) is 0 Å². The van der Waals surface area contributed by atoms with Crippen molar-refractivity contribution in [1.82, 2.24) is 9.88 Å². The minimum atomic E-state index is -1.37. The van der Waals surface area contributed by atoms with Crippen molar-refractivity contribution in [3.63, 3.8) is 0 Å². The molecule has 1 fully saturated rings. The molecule has 2 aromatic rings. The highest BCUT2D eigenvalue weighted by atomic mass is 28.3. The number of hydrogen-bond acceptors (Lipinski definition) is 4. The lowest BCUT2D eigenvalue weighted by Gasteiger charge is -2.40. The van der Waals surface area contributed by atoms with Crippen LogP contribution in [0.2, 0.25) is 19.6 Å². The molecule has 7 nitrogen and oxygen atoms in total. The number of pyridine rings is 1. The van der Waals surface area contributed by atoms with Gasteiger partial charge in [-0.1, -0.05) is 37.0 Å². The molecular formula is C23H32N4O3Si. The summed E-state index contributed by atoms with van der Waals surface area (Å²) >= 11 is 0. The van der Waals surface area contributed by atoms with Crippen LogP contribution in [-0.4, -0.2) is 60.7 Å². The van der Waals surface area contributed by atoms with Crippen molar-refractivity contribution in [2.24, 2.45) is 0 Å². The molecule has 0 spiro atoms. The molecule has 3 rings (SSSR count). The largest absolute Gasteiger partial charge is 0.478 e. The van der Waals surface area contributed by atoms with Crippen LogP contribution >= 0.6 is 0 Å². The molecule has 1 aromatic heterocycles. The van der Waals surface area contributed by atoms with E-state index in [1.807, 2.05) is 30.9 Å². The van der Waals surface area contributed by atoms with E-state index in [2.05, 4.69) is 47.0 Å². The van der Waals surface area contributed by atoms with Gasteiger partial charge in [-0.25, -0.2) is 14.6 Å². The number of nitrogens with zero attached hydrogens (tertiary/aromatic N) is 3. The Morgan fingerprint density at radius 1 is 1.13 bits per heavy atom. The first-order valence-electron chi connectivity index (χ1n) is 10.6. The average Bonchev–Trinajstić information content (AvgIpc) is 2.68. The summed E-state index contributed by atoms with van der Waals surface area (Å²) in [5.41, 5.74) is 2.37. The van der Waals surface area contributed by atoms with E-state index in [0.717, 1.165) is 17.1 Å². The van der Waals surface area contributed by atoms with Crippen molar-refractivity contribution in [2.75, 3.05) is 29.9 Å². The normalized spacial score (nSPS) is 16.9. The first-order valence-corrected chi connectivity index (χ1v) is 14.1. The number of aryl methyl sites for hydroxylation is 2. The van der Waals surface area contributed by atoms with Crippen molar-refractivity contribution >= 4 is 36.8 Å². The third-order valence-electron chi connectivity index (χ3n) is 5.80. The molecule has 0 bridgehead atoms. The summed E-state index contributed by atoms with van der Waals surface area (Å²) in [7, 11) is -1.37. The van der Waals surface area contributed by atoms with E-state index in [9.17, 15) is 14.7 Å². The van der Waals surface area contributed by atoms with E-state index >= 15 is 0 Å². The Bertz CT molecular complexity index is 986. The summed E-state index contributed by atoms with van der Waals surface area (Å²) in [6.07, 6.45) is 0. The van der Waals surface area contributed by atoms with Crippen LogP contribution in [0.3, 0.4) is 0 Å². The maximum absolute atomic E-state index is 12.9. The summed E-state index contributed by atoms with van der Waals surface area (Å²) in [5, 5.41) is 13.7. The Hall–Kier alpha value is -2.87. The molecule has 0 unspecified atom stereocenters. The van der Waals surface area contributed by atoms with Crippen LogP contribution in [0.15, 0.2) is 30.3 Å². The highest BCUT2D eigenvalue weighted by Gasteiger charge is 2.29. The first kappa shape index (κ1) is 22.8. The molecule has 166 valence electrons. The highest BCUT2D eigenvalue weighted by molar-refractivity contribution is 6.88. The fourth-order valence-corrected chi connectivity index (χ4v) is 5.10. The fourth-order valence-electron chi connectivity index (χ4n) is 3.93. The molecule has 8 heteroatoms. The lowest BCUT2D eigenvalue weighted by atomic mass is 10.1. The second-order valence-electron chi connectivity index (χ2n) is 9.31. The maximum Gasteiger partial charge on any atom is 0.337 e. The van der Waals surface area contributed by atoms with Gasteiger partial charge in [0, 0.05) is 31.4 Å². The topological polar surface area (TPSA) is 85.8 Å². The molecule has 1 atom stereocenters. The SMILES string of the molecule is Cc1cc(C(=O)O)c(C)nc1N1CCN(C(=O)Nc2ccc([Si](C)(C)C)cc2)[C@H](C)C1. The molecule has 31 heavy (non-hydrogen) atoms. The van der Waals surface area contributed by atoms with Gasteiger partial charge in [0.15, 0.2) is 0 Å². The van der Waals surface area contributed by atoms with Gasteiger partial charge < -0.3 is 20.2 Å². The maximum atomic E-state index is 12.9. The number of hydrogen-bond donors (Lipinski definition) is 2. The van der Waals surface area contributed by atoms with Crippen LogP contribution in [-0.2, 0) is 0 Å². The van der Waals surface area contributed by atoms with Gasteiger partial charge in [-0.3, -0.25) is 0 Å². The fraction of sp³-hybridized carbons (Fsp3) is 0.435. The number of rotatable bonds is 4. The minimum absolute atomic E-state index is 0.00402. The van der Waals surface area contributed by atoms with Gasteiger partial charge in [0.25, 0.3) is 0 Å². The van der Waals surface area contributed by atoms with Gasteiger partial charge in [-0.15, -0.1) is 0 Å². The first-order chi connectivity index (χ1) is 14.5. The summed E-state index contributed by atoms with van der Waals surface area (Å²) < 4.78 is 0. The second kappa shape index (κ2) is 8.70. The van der Waals surface area contributed by atoms with E-state index in [0.29, 0.717) is 25.3 Å². The number of nitrogens with one attached hydrogen (secondary N) is 1. The Morgan fingerprint density at radius 2 is 1.77 bits per heavy atom. The molecular weight excluding hydrogens is 408 g/mol. The van der Waals surface area contributed by atoms with Gasteiger partial charge in [0.05, 0.1) is 19.3 Å². The number of anilines is 2. The molecule has 2 amide bonds. The molecule has 0 radical (unpaired) electrons. The molecule has 2 N–H and O–H groups in total. The quantitative estimate of drug-likeness (QED) is 0.709. The smallest absolute Gasteiger partial charge is 0.337 e. The van der Waals surface area contributed by atoms with E-state index in [-0.39, 0.29) is 17.6 Å². The molecule has 0 saturated carbocycles. The number of aromatic nitrogens is 1. The second-order valence-corrected chi connectivity index (χ2v) is 14.4. The lowest BCUT2D eigenvalue weighted by molar-refractivity contribution is 0.0695. The number of benzene rings is 1. The zero-order valence-electron chi connectivity index (χ0n) is 19.2. The number of carbonyl (C=O) groups is 2. The van der Waals surface area contributed by atoms with Crippen LogP contribution in [0.1, 0.15) is 28.5 Å². The van der Waals surface area contributed by atoms with Crippen LogP contribution in [0, 0.1) is 13.8 Å². The molecule has 1 aromatic carbocycles. The number of carboxylic acids is 1. The minimum Gasteiger partial charge on any atom is -0.478 e. The molecule has 1 saturated heterocycles. The summed E-state index contributed by atoms with van der Waals surface area (Å²) in [5.74, 6) is -0.177. The third kappa shape index (κ3) is 5.07. The molecule has 2 heterocycles. The summed E-state index contributed by atoms with van der Waals surface area (Å²) in [6.45, 7) is 14.4. The number of urea groups is 1. The van der Waals surface area contributed by atoms with Gasteiger partial charge in [-0.2, -0.15) is 0 Å². The van der Waals surface area contributed by atoms with Crippen molar-refractivity contribution in [3.05, 3.63) is 47.2 Å². The Kier molecular flexibility index (Phi) is 6.40. The van der Waals surface area contributed by atoms with Gasteiger partial charge in [0.2, 0.25) is 0 Å². The number of carbonyl (C=O) groups excluding carboxylic acids is 1. The van der Waals surface area contributed by atoms with Crippen LogP contribution < -0.4 is 15.4 Å². The van der Waals surface area contributed by atoms with Crippen molar-refractivity contribution in [1.29, 1.82) is 0 Å². The number of carboxylic acid groups (broad SMARTS) is 1. The van der Waals surface area contributed by atoms with Crippen LogP contribution in [0.5, 0.6) is 0 Å². The van der Waals surface area contributed by atoms with Gasteiger partial charge in [0.1, 0.15) is 5.82 Å². The number of piperazine rings is 1. The van der Waals surface area contributed by atoms with E-state index < -0.39 is 14.0 Å². The summed E-state index contributed by atoms with van der Waals surface area (Å²) in [4.78, 5) is 32.7. The van der Waals surface area contributed by atoms with E-state index in [4.69, 9.17) is 0 Å². The standard InChI is InChI=1S/C23H32N4O3Si/c1-15-13-20(22(28)29)17(3)24-21(15)26-11-12-27(16(2)14-26)23(30)25-18-7-9-19(10-8-18)31(4,5)6/h7-10,13,16H,11-12,14H2,1-6H3,(H,25,30)(H,28,29)/t16-/m1/s1. The predicted molar refractivity (Wildman–Crippen MR) is 127 cm³/mol. The van der Waals surface area contributed by atoms with Crippen molar-refractivity contribution in [2.45, 2.75) is 46.5 Å². The Morgan fingerprint density at radius 3 is 2.32 bits per heavy atom. The van der Waals surface area contributed by atoms with E-state index in [1.54, 1.807) is 13.0 Å². The lowest BCUT2D eigenvalue weighted by Crippen LogP contribution is -2.55. The van der Waals surface area contributed by atoms with Crippen molar-refractivity contribution < 1.29 is 14.7 Å². The van der Waals surface area contributed by atoms with E-state index in [1.165, 1.54) is 5.19 Å². The monoisotopic (exact) mass is 440 g/mol. The number of amides is 2. The Labute approximate surface area is 185 Å². The average molecular weight is 441 g/mol. The van der Waals surface area contributed by atoms with Crippen LogP contribution in [0.25, 0.3) is 0 Å². The zero-order valence-corrected chi connectivity index (χ0v) is 20.2.